The predicted molar refractivity (Wildman–Crippen MR) is 93.5 cm³/mol. The van der Waals surface area contributed by atoms with Crippen LogP contribution in [0, 0.1) is 5.41 Å². The molecule has 6 heteroatoms. The van der Waals surface area contributed by atoms with Gasteiger partial charge in [0.25, 0.3) is 5.91 Å². The summed E-state index contributed by atoms with van der Waals surface area (Å²) in [6.07, 6.45) is 4.45. The van der Waals surface area contributed by atoms with Crippen LogP contribution in [-0.2, 0) is 0 Å². The third-order valence-electron chi connectivity index (χ3n) is 5.69. The van der Waals surface area contributed by atoms with Gasteiger partial charge in [-0.1, -0.05) is 6.42 Å². The second-order valence-electron chi connectivity index (χ2n) is 6.98. The molecule has 0 aromatic heterocycles. The average molecular weight is 349 g/mol. The summed E-state index contributed by atoms with van der Waals surface area (Å²) in [5.74, 6) is 1.25. The van der Waals surface area contributed by atoms with Gasteiger partial charge in [-0.3, -0.25) is 4.79 Å². The van der Waals surface area contributed by atoms with Crippen LogP contribution >= 0.6 is 0 Å². The van der Waals surface area contributed by atoms with Gasteiger partial charge in [0.2, 0.25) is 5.75 Å². The molecule has 25 heavy (non-hydrogen) atoms. The molecule has 2 fully saturated rings. The van der Waals surface area contributed by atoms with Crippen LogP contribution in [0.15, 0.2) is 12.1 Å². The van der Waals surface area contributed by atoms with Gasteiger partial charge in [0.15, 0.2) is 11.5 Å². The fourth-order valence-corrected chi connectivity index (χ4v) is 4.37. The van der Waals surface area contributed by atoms with Gasteiger partial charge in [-0.05, 0) is 37.8 Å². The van der Waals surface area contributed by atoms with E-state index in [0.29, 0.717) is 35.9 Å². The van der Waals surface area contributed by atoms with E-state index < -0.39 is 0 Å². The summed E-state index contributed by atoms with van der Waals surface area (Å²) in [4.78, 5) is 15.0. The smallest absolute Gasteiger partial charge is 0.257 e. The van der Waals surface area contributed by atoms with Crippen molar-refractivity contribution in [3.63, 3.8) is 0 Å². The molecule has 3 rings (SSSR count). The first kappa shape index (κ1) is 17.9. The molecule has 0 radical (unpaired) electrons. The minimum atomic E-state index is -0.310. The van der Waals surface area contributed by atoms with Gasteiger partial charge in [-0.25, -0.2) is 0 Å². The fourth-order valence-electron chi connectivity index (χ4n) is 4.37. The first-order valence-corrected chi connectivity index (χ1v) is 8.82. The molecule has 1 heterocycles. The zero-order valence-electron chi connectivity index (χ0n) is 15.2. The van der Waals surface area contributed by atoms with Crippen LogP contribution in [0.1, 0.15) is 42.5 Å². The Morgan fingerprint density at radius 3 is 2.44 bits per heavy atom. The number of hydrogen-bond acceptors (Lipinski definition) is 5. The molecule has 1 saturated carbocycles. The van der Waals surface area contributed by atoms with Gasteiger partial charge in [-0.15, -0.1) is 0 Å². The van der Waals surface area contributed by atoms with Crippen LogP contribution in [-0.4, -0.2) is 56.4 Å². The topological polar surface area (TPSA) is 68.2 Å². The fraction of sp³-hybridized carbons (Fsp3) is 0.632. The van der Waals surface area contributed by atoms with Crippen molar-refractivity contribution in [3.05, 3.63) is 17.7 Å². The summed E-state index contributed by atoms with van der Waals surface area (Å²) in [5.41, 5.74) is 0.322. The van der Waals surface area contributed by atoms with Gasteiger partial charge < -0.3 is 24.2 Å². The SMILES string of the molecule is COc1ccc(C(=O)N2CCC[C@@]3(CCC[C@H]3O)C2)c(OC)c1OC. The lowest BCUT2D eigenvalue weighted by Gasteiger charge is -2.42. The van der Waals surface area contributed by atoms with Crippen LogP contribution in [0.25, 0.3) is 0 Å². The van der Waals surface area contributed by atoms with Crippen molar-refractivity contribution in [2.45, 2.75) is 38.2 Å². The van der Waals surface area contributed by atoms with E-state index in [1.807, 2.05) is 4.90 Å². The molecular weight excluding hydrogens is 322 g/mol. The average Bonchev–Trinajstić information content (AvgIpc) is 2.99. The highest BCUT2D eigenvalue weighted by Gasteiger charge is 2.46. The van der Waals surface area contributed by atoms with E-state index in [2.05, 4.69) is 0 Å². The van der Waals surface area contributed by atoms with E-state index in [1.165, 1.54) is 14.2 Å². The summed E-state index contributed by atoms with van der Waals surface area (Å²) in [7, 11) is 4.60. The number of aliphatic hydroxyl groups excluding tert-OH is 1. The van der Waals surface area contributed by atoms with Crippen molar-refractivity contribution in [2.75, 3.05) is 34.4 Å². The van der Waals surface area contributed by atoms with E-state index in [-0.39, 0.29) is 17.4 Å². The number of hydrogen-bond donors (Lipinski definition) is 1. The molecule has 1 N–H and O–H groups in total. The van der Waals surface area contributed by atoms with Crippen LogP contribution in [0.4, 0.5) is 0 Å². The molecule has 1 aromatic carbocycles. The molecule has 2 aliphatic rings. The zero-order valence-corrected chi connectivity index (χ0v) is 15.2. The maximum atomic E-state index is 13.2. The van der Waals surface area contributed by atoms with E-state index in [0.717, 1.165) is 32.1 Å². The highest BCUT2D eigenvalue weighted by atomic mass is 16.5. The van der Waals surface area contributed by atoms with Crippen molar-refractivity contribution in [3.8, 4) is 17.2 Å². The molecule has 138 valence electrons. The first-order chi connectivity index (χ1) is 12.1. The van der Waals surface area contributed by atoms with Crippen LogP contribution in [0.5, 0.6) is 17.2 Å². The maximum absolute atomic E-state index is 13.2. The van der Waals surface area contributed by atoms with E-state index >= 15 is 0 Å². The number of benzene rings is 1. The molecule has 0 bridgehead atoms. The highest BCUT2D eigenvalue weighted by molar-refractivity contribution is 5.98. The summed E-state index contributed by atoms with van der Waals surface area (Å²) in [6.45, 7) is 1.30. The molecule has 0 unspecified atom stereocenters. The van der Waals surface area contributed by atoms with Crippen LogP contribution < -0.4 is 14.2 Å². The summed E-state index contributed by atoms with van der Waals surface area (Å²) >= 11 is 0. The lowest BCUT2D eigenvalue weighted by molar-refractivity contribution is -0.00546. The third-order valence-corrected chi connectivity index (χ3v) is 5.69. The predicted octanol–water partition coefficient (Wildman–Crippen LogP) is 2.48. The summed E-state index contributed by atoms with van der Waals surface area (Å²) < 4.78 is 16.1. The molecular formula is C19H27NO5. The monoisotopic (exact) mass is 349 g/mol. The second-order valence-corrected chi connectivity index (χ2v) is 6.98. The highest BCUT2D eigenvalue weighted by Crippen LogP contribution is 2.46. The Labute approximate surface area is 148 Å². The largest absolute Gasteiger partial charge is 0.493 e. The van der Waals surface area contributed by atoms with Gasteiger partial charge in [0.1, 0.15) is 0 Å². The Bertz CT molecular complexity index is 647. The first-order valence-electron chi connectivity index (χ1n) is 8.82. The van der Waals surface area contributed by atoms with Crippen molar-refractivity contribution in [2.24, 2.45) is 5.41 Å². The minimum absolute atomic E-state index is 0.0871. The number of carbonyl (C=O) groups excluding carboxylic acids is 1. The van der Waals surface area contributed by atoms with E-state index in [4.69, 9.17) is 14.2 Å². The molecule has 2 atom stereocenters. The zero-order chi connectivity index (χ0) is 18.0. The minimum Gasteiger partial charge on any atom is -0.493 e. The molecule has 1 aromatic rings. The normalized spacial score (nSPS) is 25.9. The lowest BCUT2D eigenvalue weighted by atomic mass is 9.76. The maximum Gasteiger partial charge on any atom is 0.257 e. The van der Waals surface area contributed by atoms with E-state index in [9.17, 15) is 9.90 Å². The number of amides is 1. The number of ether oxygens (including phenoxy) is 3. The Morgan fingerprint density at radius 1 is 1.12 bits per heavy atom. The molecule has 1 aliphatic carbocycles. The molecule has 6 nitrogen and oxygen atoms in total. The summed E-state index contributed by atoms with van der Waals surface area (Å²) in [5, 5.41) is 10.4. The van der Waals surface area contributed by atoms with Gasteiger partial charge in [0, 0.05) is 18.5 Å². The van der Waals surface area contributed by atoms with Crippen molar-refractivity contribution in [1.29, 1.82) is 0 Å². The number of methoxy groups -OCH3 is 3. The van der Waals surface area contributed by atoms with Crippen molar-refractivity contribution >= 4 is 5.91 Å². The number of aliphatic hydroxyl groups is 1. The number of likely N-dealkylation sites (tertiary alicyclic amines) is 1. The van der Waals surface area contributed by atoms with Gasteiger partial charge in [0.05, 0.1) is 33.0 Å². The molecule has 1 saturated heterocycles. The van der Waals surface area contributed by atoms with Crippen molar-refractivity contribution < 1.29 is 24.1 Å². The number of piperidine rings is 1. The number of carbonyl (C=O) groups is 1. The Hall–Kier alpha value is -1.95. The standard InChI is InChI=1S/C19H27NO5/c1-23-14-8-7-13(16(24-2)17(14)25-3)18(22)20-11-5-10-19(12-20)9-4-6-15(19)21/h7-8,15,21H,4-6,9-12H2,1-3H3/t15-,19+/m1/s1. The van der Waals surface area contributed by atoms with Gasteiger partial charge in [-0.2, -0.15) is 0 Å². The van der Waals surface area contributed by atoms with Gasteiger partial charge >= 0.3 is 0 Å². The number of nitrogens with zero attached hydrogens (tertiary/aromatic N) is 1. The Kier molecular flexibility index (Phi) is 5.08. The van der Waals surface area contributed by atoms with Crippen molar-refractivity contribution in [1.82, 2.24) is 4.90 Å². The second kappa shape index (κ2) is 7.12. The Morgan fingerprint density at radius 2 is 1.84 bits per heavy atom. The number of rotatable bonds is 4. The summed E-state index contributed by atoms with van der Waals surface area (Å²) in [6, 6.07) is 3.44. The molecule has 1 amide bonds. The molecule has 1 aliphatic heterocycles. The van der Waals surface area contributed by atoms with Crippen LogP contribution in [0.2, 0.25) is 0 Å². The lowest BCUT2D eigenvalue weighted by Crippen LogP contribution is -2.49. The van der Waals surface area contributed by atoms with E-state index in [1.54, 1.807) is 19.2 Å². The molecule has 1 spiro atoms. The Balaban J connectivity index is 1.90. The quantitative estimate of drug-likeness (QED) is 0.904. The third kappa shape index (κ3) is 3.03. The van der Waals surface area contributed by atoms with Crippen LogP contribution in [0.3, 0.4) is 0 Å².